The van der Waals surface area contributed by atoms with Gasteiger partial charge in [-0.1, -0.05) is 0 Å². The minimum absolute atomic E-state index is 0.143. The molecular formula is C14H18F2N6. The average Bonchev–Trinajstić information content (AvgIpc) is 3.13. The molecule has 8 heteroatoms. The SMILES string of the molecule is FC1(F)CCN(c2n[nH]c(-c3cn4c(n3)CCCC4)n2)CC1. The highest BCUT2D eigenvalue weighted by molar-refractivity contribution is 5.51. The Hall–Kier alpha value is -1.99. The molecule has 6 nitrogen and oxygen atoms in total. The van der Waals surface area contributed by atoms with Crippen LogP contribution in [0.3, 0.4) is 0 Å². The van der Waals surface area contributed by atoms with Crippen molar-refractivity contribution in [1.29, 1.82) is 0 Å². The van der Waals surface area contributed by atoms with Crippen molar-refractivity contribution in [3.63, 3.8) is 0 Å². The second-order valence-corrected chi connectivity index (χ2v) is 6.02. The summed E-state index contributed by atoms with van der Waals surface area (Å²) in [5.74, 6) is -0.388. The molecule has 1 saturated heterocycles. The zero-order valence-electron chi connectivity index (χ0n) is 12.2. The van der Waals surface area contributed by atoms with E-state index in [0.717, 1.165) is 24.5 Å². The van der Waals surface area contributed by atoms with Gasteiger partial charge in [-0.3, -0.25) is 5.10 Å². The van der Waals surface area contributed by atoms with E-state index < -0.39 is 5.92 Å². The highest BCUT2D eigenvalue weighted by Crippen LogP contribution is 2.29. The van der Waals surface area contributed by atoms with Crippen molar-refractivity contribution in [1.82, 2.24) is 24.7 Å². The van der Waals surface area contributed by atoms with Crippen LogP contribution in [0.4, 0.5) is 14.7 Å². The maximum absolute atomic E-state index is 13.2. The zero-order chi connectivity index (χ0) is 15.2. The molecule has 4 rings (SSSR count). The summed E-state index contributed by atoms with van der Waals surface area (Å²) in [5.41, 5.74) is 0.776. The number of fused-ring (bicyclic) bond motifs is 1. The molecule has 1 fully saturated rings. The molecule has 0 amide bonds. The third kappa shape index (κ3) is 2.46. The molecule has 118 valence electrons. The minimum atomic E-state index is -2.56. The predicted molar refractivity (Wildman–Crippen MR) is 76.9 cm³/mol. The summed E-state index contributed by atoms with van der Waals surface area (Å²) in [6.45, 7) is 1.55. The number of imidazole rings is 1. The van der Waals surface area contributed by atoms with Gasteiger partial charge in [0.1, 0.15) is 11.5 Å². The smallest absolute Gasteiger partial charge is 0.251 e. The topological polar surface area (TPSA) is 62.6 Å². The van der Waals surface area contributed by atoms with Gasteiger partial charge in [-0.05, 0) is 12.8 Å². The number of nitrogens with one attached hydrogen (secondary N) is 1. The van der Waals surface area contributed by atoms with Gasteiger partial charge in [-0.2, -0.15) is 4.98 Å². The Labute approximate surface area is 126 Å². The second kappa shape index (κ2) is 5.03. The number of aryl methyl sites for hydroxylation is 2. The van der Waals surface area contributed by atoms with E-state index in [2.05, 4.69) is 24.7 Å². The lowest BCUT2D eigenvalue weighted by Crippen LogP contribution is -2.39. The number of hydrogen-bond donors (Lipinski definition) is 1. The zero-order valence-corrected chi connectivity index (χ0v) is 12.2. The van der Waals surface area contributed by atoms with Crippen LogP contribution in [0.15, 0.2) is 6.20 Å². The molecule has 0 unspecified atom stereocenters. The molecule has 0 bridgehead atoms. The van der Waals surface area contributed by atoms with E-state index in [1.54, 1.807) is 4.90 Å². The highest BCUT2D eigenvalue weighted by Gasteiger charge is 2.35. The van der Waals surface area contributed by atoms with E-state index in [-0.39, 0.29) is 25.9 Å². The van der Waals surface area contributed by atoms with Crippen LogP contribution < -0.4 is 4.90 Å². The van der Waals surface area contributed by atoms with Crippen molar-refractivity contribution in [2.75, 3.05) is 18.0 Å². The van der Waals surface area contributed by atoms with Gasteiger partial charge in [0.2, 0.25) is 5.95 Å². The molecule has 0 radical (unpaired) electrons. The largest absolute Gasteiger partial charge is 0.339 e. The van der Waals surface area contributed by atoms with Crippen LogP contribution in [0.1, 0.15) is 31.5 Å². The number of aromatic amines is 1. The Morgan fingerprint density at radius 1 is 1.09 bits per heavy atom. The third-order valence-electron chi connectivity index (χ3n) is 4.40. The number of halogens is 2. The lowest BCUT2D eigenvalue weighted by Gasteiger charge is -2.30. The van der Waals surface area contributed by atoms with Crippen LogP contribution in [0.5, 0.6) is 0 Å². The Balaban J connectivity index is 1.53. The fourth-order valence-electron chi connectivity index (χ4n) is 3.07. The van der Waals surface area contributed by atoms with Crippen molar-refractivity contribution in [2.24, 2.45) is 0 Å². The number of alkyl halides is 2. The van der Waals surface area contributed by atoms with Crippen molar-refractivity contribution >= 4 is 5.95 Å². The van der Waals surface area contributed by atoms with E-state index in [0.29, 0.717) is 11.8 Å². The average molecular weight is 308 g/mol. The van der Waals surface area contributed by atoms with Crippen LogP contribution >= 0.6 is 0 Å². The van der Waals surface area contributed by atoms with Crippen LogP contribution in [0.25, 0.3) is 11.5 Å². The van der Waals surface area contributed by atoms with E-state index in [9.17, 15) is 8.78 Å². The van der Waals surface area contributed by atoms with Crippen molar-refractivity contribution in [3.8, 4) is 11.5 Å². The number of aromatic nitrogens is 5. The first-order valence-corrected chi connectivity index (χ1v) is 7.72. The Bertz CT molecular complexity index is 643. The van der Waals surface area contributed by atoms with E-state index in [1.165, 1.54) is 12.8 Å². The predicted octanol–water partition coefficient (Wildman–Crippen LogP) is 2.24. The van der Waals surface area contributed by atoms with E-state index in [4.69, 9.17) is 0 Å². The number of anilines is 1. The Morgan fingerprint density at radius 3 is 2.68 bits per heavy atom. The summed E-state index contributed by atoms with van der Waals surface area (Å²) >= 11 is 0. The van der Waals surface area contributed by atoms with Gasteiger partial charge in [0.25, 0.3) is 5.92 Å². The van der Waals surface area contributed by atoms with Crippen molar-refractivity contribution in [3.05, 3.63) is 12.0 Å². The molecule has 0 aliphatic carbocycles. The monoisotopic (exact) mass is 308 g/mol. The first-order valence-electron chi connectivity index (χ1n) is 7.72. The van der Waals surface area contributed by atoms with Gasteiger partial charge in [-0.15, -0.1) is 5.10 Å². The Kier molecular flexibility index (Phi) is 3.12. The van der Waals surface area contributed by atoms with Gasteiger partial charge < -0.3 is 9.47 Å². The number of H-pyrrole nitrogens is 1. The maximum Gasteiger partial charge on any atom is 0.251 e. The van der Waals surface area contributed by atoms with Crippen LogP contribution in [0, 0.1) is 0 Å². The van der Waals surface area contributed by atoms with Crippen LogP contribution in [-0.4, -0.2) is 43.7 Å². The van der Waals surface area contributed by atoms with Crippen molar-refractivity contribution in [2.45, 2.75) is 44.6 Å². The van der Waals surface area contributed by atoms with E-state index >= 15 is 0 Å². The molecule has 2 aliphatic rings. The summed E-state index contributed by atoms with van der Waals surface area (Å²) in [7, 11) is 0. The summed E-state index contributed by atoms with van der Waals surface area (Å²) in [5, 5.41) is 7.05. The molecule has 0 spiro atoms. The summed E-state index contributed by atoms with van der Waals surface area (Å²) in [6.07, 6.45) is 5.03. The molecule has 2 aromatic rings. The van der Waals surface area contributed by atoms with Crippen molar-refractivity contribution < 1.29 is 8.78 Å². The molecule has 22 heavy (non-hydrogen) atoms. The maximum atomic E-state index is 13.2. The molecule has 2 aromatic heterocycles. The van der Waals surface area contributed by atoms with Gasteiger partial charge >= 0.3 is 0 Å². The summed E-state index contributed by atoms with van der Waals surface area (Å²) < 4.78 is 28.6. The minimum Gasteiger partial charge on any atom is -0.339 e. The third-order valence-corrected chi connectivity index (χ3v) is 4.40. The molecule has 0 saturated carbocycles. The Morgan fingerprint density at radius 2 is 1.91 bits per heavy atom. The number of rotatable bonds is 2. The lowest BCUT2D eigenvalue weighted by molar-refractivity contribution is -0.0222. The quantitative estimate of drug-likeness (QED) is 0.924. The first-order chi connectivity index (χ1) is 10.6. The molecule has 1 N–H and O–H groups in total. The van der Waals surface area contributed by atoms with Gasteiger partial charge in [0, 0.05) is 45.1 Å². The fourth-order valence-corrected chi connectivity index (χ4v) is 3.07. The molecule has 0 atom stereocenters. The fraction of sp³-hybridized carbons (Fsp3) is 0.643. The van der Waals surface area contributed by atoms with E-state index in [1.807, 2.05) is 6.20 Å². The molecular weight excluding hydrogens is 290 g/mol. The highest BCUT2D eigenvalue weighted by atomic mass is 19.3. The summed E-state index contributed by atoms with van der Waals surface area (Å²) in [6, 6.07) is 0. The standard InChI is InChI=1S/C14H18F2N6/c15-14(16)4-7-21(8-5-14)13-18-12(19-20-13)10-9-22-6-2-1-3-11(22)17-10/h9H,1-8H2,(H,18,19,20). The normalized spacial score (nSPS) is 20.9. The molecule has 4 heterocycles. The van der Waals surface area contributed by atoms with Crippen LogP contribution in [-0.2, 0) is 13.0 Å². The van der Waals surface area contributed by atoms with Gasteiger partial charge in [0.15, 0.2) is 5.82 Å². The summed E-state index contributed by atoms with van der Waals surface area (Å²) in [4.78, 5) is 10.8. The molecule has 2 aliphatic heterocycles. The van der Waals surface area contributed by atoms with Gasteiger partial charge in [0.05, 0.1) is 0 Å². The second-order valence-electron chi connectivity index (χ2n) is 6.02. The number of hydrogen-bond acceptors (Lipinski definition) is 4. The lowest BCUT2D eigenvalue weighted by atomic mass is 10.1. The first kappa shape index (κ1) is 13.7. The van der Waals surface area contributed by atoms with Gasteiger partial charge in [-0.25, -0.2) is 13.8 Å². The number of piperidine rings is 1. The molecule has 0 aromatic carbocycles. The van der Waals surface area contributed by atoms with Crippen LogP contribution in [0.2, 0.25) is 0 Å². The number of nitrogens with zero attached hydrogens (tertiary/aromatic N) is 5.